The zero-order valence-electron chi connectivity index (χ0n) is 62.0. The van der Waals surface area contributed by atoms with Crippen molar-refractivity contribution < 1.29 is 80.2 Å². The third-order valence-corrected chi connectivity index (χ3v) is 19.6. The molecule has 0 amide bonds. The zero-order valence-corrected chi connectivity index (χ0v) is 63.8. The predicted octanol–water partition coefficient (Wildman–Crippen LogP) is 22.3. The van der Waals surface area contributed by atoms with Crippen molar-refractivity contribution in [1.82, 2.24) is 0 Å². The fourth-order valence-electron chi connectivity index (χ4n) is 11.7. The quantitative estimate of drug-likeness (QED) is 0.0222. The smallest absolute Gasteiger partial charge is 0.462 e. The Bertz CT molecular complexity index is 1840. The second-order valence-electron chi connectivity index (χ2n) is 28.3. The second-order valence-corrected chi connectivity index (χ2v) is 31.3. The molecule has 0 aliphatic carbocycles. The number of ether oxygens (including phenoxy) is 4. The van der Waals surface area contributed by atoms with Crippen molar-refractivity contribution in [2.75, 3.05) is 39.6 Å². The molecule has 0 fully saturated rings. The van der Waals surface area contributed by atoms with E-state index in [0.29, 0.717) is 31.6 Å². The number of hydrogen-bond donors (Lipinski definition) is 3. The summed E-state index contributed by atoms with van der Waals surface area (Å²) in [7, 11) is -9.91. The summed E-state index contributed by atoms with van der Waals surface area (Å²) < 4.78 is 68.5. The molecule has 0 bridgehead atoms. The number of aliphatic hydroxyl groups is 1. The first-order valence-corrected chi connectivity index (χ1v) is 42.5. The highest BCUT2D eigenvalue weighted by Crippen LogP contribution is 2.45. The molecule has 3 N–H and O–H groups in total. The molecular formula is C76H148O17P2. The molecule has 0 heterocycles. The van der Waals surface area contributed by atoms with Crippen LogP contribution >= 0.6 is 15.6 Å². The number of carbonyl (C=O) groups excluding carboxylic acids is 4. The summed E-state index contributed by atoms with van der Waals surface area (Å²) in [4.78, 5) is 72.7. The van der Waals surface area contributed by atoms with Gasteiger partial charge in [0.25, 0.3) is 0 Å². The van der Waals surface area contributed by atoms with Crippen molar-refractivity contribution in [3.63, 3.8) is 0 Å². The third-order valence-electron chi connectivity index (χ3n) is 17.7. The Kier molecular flexibility index (Phi) is 66.5. The van der Waals surface area contributed by atoms with Crippen LogP contribution in [-0.2, 0) is 65.4 Å². The predicted molar refractivity (Wildman–Crippen MR) is 386 cm³/mol. The molecule has 0 rings (SSSR count). The van der Waals surface area contributed by atoms with Crippen LogP contribution in [0.1, 0.15) is 395 Å². The molecule has 0 aromatic carbocycles. The molecular weight excluding hydrogens is 1250 g/mol. The minimum absolute atomic E-state index is 0.106. The van der Waals surface area contributed by atoms with Crippen LogP contribution in [0.25, 0.3) is 0 Å². The number of esters is 4. The van der Waals surface area contributed by atoms with E-state index < -0.39 is 97.5 Å². The van der Waals surface area contributed by atoms with Crippen LogP contribution < -0.4 is 0 Å². The summed E-state index contributed by atoms with van der Waals surface area (Å²) in [5.74, 6) is -0.656. The summed E-state index contributed by atoms with van der Waals surface area (Å²) in [6.07, 6.45) is 55.7. The molecule has 19 heteroatoms. The molecule has 564 valence electrons. The lowest BCUT2D eigenvalue weighted by Gasteiger charge is -2.21. The molecule has 0 saturated heterocycles. The van der Waals surface area contributed by atoms with Crippen molar-refractivity contribution in [2.24, 2.45) is 11.8 Å². The monoisotopic (exact) mass is 1400 g/mol. The molecule has 0 aromatic heterocycles. The van der Waals surface area contributed by atoms with Crippen LogP contribution in [-0.4, -0.2) is 96.7 Å². The summed E-state index contributed by atoms with van der Waals surface area (Å²) in [5, 5.41) is 10.6. The second kappa shape index (κ2) is 67.9. The summed E-state index contributed by atoms with van der Waals surface area (Å²) in [6, 6.07) is 0. The number of rotatable bonds is 75. The lowest BCUT2D eigenvalue weighted by Crippen LogP contribution is -2.30. The highest BCUT2D eigenvalue weighted by atomic mass is 31.2. The first kappa shape index (κ1) is 93.1. The van der Waals surface area contributed by atoms with Gasteiger partial charge in [0, 0.05) is 25.7 Å². The Morgan fingerprint density at radius 3 is 0.716 bits per heavy atom. The third kappa shape index (κ3) is 70.3. The van der Waals surface area contributed by atoms with Crippen LogP contribution in [0.4, 0.5) is 0 Å². The van der Waals surface area contributed by atoms with Crippen molar-refractivity contribution in [3.8, 4) is 0 Å². The molecule has 2 unspecified atom stereocenters. The van der Waals surface area contributed by atoms with Gasteiger partial charge in [-0.05, 0) is 37.5 Å². The van der Waals surface area contributed by atoms with E-state index in [-0.39, 0.29) is 25.7 Å². The average molecular weight is 1400 g/mol. The normalized spacial score (nSPS) is 14.0. The van der Waals surface area contributed by atoms with E-state index in [1.165, 1.54) is 205 Å². The molecule has 0 saturated carbocycles. The number of phosphoric acid groups is 2. The fourth-order valence-corrected chi connectivity index (χ4v) is 13.2. The van der Waals surface area contributed by atoms with Crippen molar-refractivity contribution in [1.29, 1.82) is 0 Å². The van der Waals surface area contributed by atoms with Crippen molar-refractivity contribution >= 4 is 39.5 Å². The molecule has 0 radical (unpaired) electrons. The molecule has 0 aromatic rings. The van der Waals surface area contributed by atoms with Crippen LogP contribution in [0.15, 0.2) is 0 Å². The maximum atomic E-state index is 13.1. The fraction of sp³-hybridized carbons (Fsp3) is 0.947. The van der Waals surface area contributed by atoms with Gasteiger partial charge in [-0.15, -0.1) is 0 Å². The Hall–Kier alpha value is -1.94. The SMILES string of the molecule is CCCCCCCCCCCCCCCCCCCCCCC(=O)O[C@H](COC(=O)CCCCCCCCCCCCCCC(C)C)COP(=O)(O)OC[C@@H](O)COP(=O)(O)OC[C@@H](COC(=O)CCCCCCCCC(C)C)OC(=O)CCCCCCCCCCCCC. The number of hydrogen-bond acceptors (Lipinski definition) is 15. The Balaban J connectivity index is 5.20. The largest absolute Gasteiger partial charge is 0.472 e. The van der Waals surface area contributed by atoms with Gasteiger partial charge in [0.2, 0.25) is 0 Å². The first-order chi connectivity index (χ1) is 45.9. The van der Waals surface area contributed by atoms with E-state index in [1.54, 1.807) is 0 Å². The van der Waals surface area contributed by atoms with E-state index >= 15 is 0 Å². The molecule has 0 aliphatic heterocycles. The standard InChI is InChI=1S/C76H148O17P2/c1-7-9-11-13-15-17-19-20-21-22-23-24-25-26-27-33-37-41-49-55-61-76(81)92-71(64-86-73(78)58-52-46-39-35-32-29-28-31-34-38-44-50-56-68(3)4)66-90-94(82,83)88-62-70(77)63-89-95(84,85)91-67-72(65-87-74(79)59-53-47-43-42-45-51-57-69(5)6)93-75(80)60-54-48-40-36-30-18-16-14-12-10-8-2/h68-72,77H,7-67H2,1-6H3,(H,82,83)(H,84,85)/t70-,71-,72-/m1/s1. The van der Waals surface area contributed by atoms with Gasteiger partial charge in [-0.1, -0.05) is 343 Å². The highest BCUT2D eigenvalue weighted by Gasteiger charge is 2.30. The Labute approximate surface area is 581 Å². The van der Waals surface area contributed by atoms with E-state index in [9.17, 15) is 43.2 Å². The van der Waals surface area contributed by atoms with Gasteiger partial charge in [0.15, 0.2) is 12.2 Å². The lowest BCUT2D eigenvalue weighted by molar-refractivity contribution is -0.161. The lowest BCUT2D eigenvalue weighted by atomic mass is 10.0. The maximum Gasteiger partial charge on any atom is 0.472 e. The van der Waals surface area contributed by atoms with Crippen molar-refractivity contribution in [2.45, 2.75) is 413 Å². The summed E-state index contributed by atoms with van der Waals surface area (Å²) >= 11 is 0. The van der Waals surface area contributed by atoms with Gasteiger partial charge in [-0.25, -0.2) is 9.13 Å². The number of aliphatic hydroxyl groups excluding tert-OH is 1. The first-order valence-electron chi connectivity index (χ1n) is 39.5. The topological polar surface area (TPSA) is 237 Å². The average Bonchev–Trinajstić information content (AvgIpc) is 1.75. The van der Waals surface area contributed by atoms with Gasteiger partial charge in [0.1, 0.15) is 19.3 Å². The summed E-state index contributed by atoms with van der Waals surface area (Å²) in [5.41, 5.74) is 0. The van der Waals surface area contributed by atoms with E-state index in [2.05, 4.69) is 41.5 Å². The van der Waals surface area contributed by atoms with Gasteiger partial charge in [-0.3, -0.25) is 37.3 Å². The minimum Gasteiger partial charge on any atom is -0.462 e. The molecule has 95 heavy (non-hydrogen) atoms. The number of unbranched alkanes of at least 4 members (excludes halogenated alkanes) is 45. The van der Waals surface area contributed by atoms with Crippen LogP contribution in [0, 0.1) is 11.8 Å². The van der Waals surface area contributed by atoms with E-state index in [4.69, 9.17) is 37.0 Å². The van der Waals surface area contributed by atoms with Crippen LogP contribution in [0.5, 0.6) is 0 Å². The Morgan fingerprint density at radius 1 is 0.284 bits per heavy atom. The van der Waals surface area contributed by atoms with Crippen molar-refractivity contribution in [3.05, 3.63) is 0 Å². The Morgan fingerprint density at radius 2 is 0.484 bits per heavy atom. The zero-order chi connectivity index (χ0) is 70.0. The van der Waals surface area contributed by atoms with Gasteiger partial charge >= 0.3 is 39.5 Å². The molecule has 5 atom stereocenters. The molecule has 17 nitrogen and oxygen atoms in total. The minimum atomic E-state index is -4.96. The van der Waals surface area contributed by atoms with E-state index in [0.717, 1.165) is 102 Å². The van der Waals surface area contributed by atoms with Gasteiger partial charge < -0.3 is 33.8 Å². The maximum absolute atomic E-state index is 13.1. The van der Waals surface area contributed by atoms with Crippen LogP contribution in [0.3, 0.4) is 0 Å². The molecule has 0 aliphatic rings. The summed E-state index contributed by atoms with van der Waals surface area (Å²) in [6.45, 7) is 9.52. The van der Waals surface area contributed by atoms with Gasteiger partial charge in [-0.2, -0.15) is 0 Å². The van der Waals surface area contributed by atoms with Gasteiger partial charge in [0.05, 0.1) is 26.4 Å². The molecule has 0 spiro atoms. The highest BCUT2D eigenvalue weighted by molar-refractivity contribution is 7.47. The number of phosphoric ester groups is 2. The van der Waals surface area contributed by atoms with Crippen LogP contribution in [0.2, 0.25) is 0 Å². The van der Waals surface area contributed by atoms with E-state index in [1.807, 2.05) is 0 Å². The number of carbonyl (C=O) groups is 4.